The van der Waals surface area contributed by atoms with E-state index < -0.39 is 57.9 Å². The number of nitrogens with zero attached hydrogens (tertiary/aromatic N) is 3. The predicted octanol–water partition coefficient (Wildman–Crippen LogP) is 4.84. The van der Waals surface area contributed by atoms with Gasteiger partial charge in [-0.05, 0) is 88.4 Å². The summed E-state index contributed by atoms with van der Waals surface area (Å²) >= 11 is 0. The zero-order valence-electron chi connectivity index (χ0n) is 24.3. The van der Waals surface area contributed by atoms with Crippen molar-refractivity contribution in [3.05, 3.63) is 86.1 Å². The Morgan fingerprint density at radius 3 is 2.47 bits per heavy atom. The molecule has 2 aliphatic rings. The van der Waals surface area contributed by atoms with Crippen LogP contribution >= 0.6 is 0 Å². The van der Waals surface area contributed by atoms with Crippen LogP contribution in [0.3, 0.4) is 0 Å². The first-order valence-electron chi connectivity index (χ1n) is 13.7. The molecule has 224 valence electrons. The van der Waals surface area contributed by atoms with E-state index in [1.807, 2.05) is 0 Å². The van der Waals surface area contributed by atoms with Crippen LogP contribution < -0.4 is 15.6 Å². The van der Waals surface area contributed by atoms with E-state index in [4.69, 9.17) is 4.74 Å². The largest absolute Gasteiger partial charge is 0.448 e. The fraction of sp³-hybridized carbons (Fsp3) is 0.387. The Kier molecular flexibility index (Phi) is 7.32. The summed E-state index contributed by atoms with van der Waals surface area (Å²) in [5.74, 6) is -4.60. The van der Waals surface area contributed by atoms with Gasteiger partial charge in [0.25, 0.3) is 5.91 Å². The molecule has 2 aromatic carbocycles. The normalized spacial score (nSPS) is 21.5. The predicted molar refractivity (Wildman–Crippen MR) is 149 cm³/mol. The molecule has 5 rings (SSSR count). The Morgan fingerprint density at radius 2 is 1.79 bits per heavy atom. The first-order valence-corrected chi connectivity index (χ1v) is 13.7. The molecule has 0 bridgehead atoms. The van der Waals surface area contributed by atoms with Crippen molar-refractivity contribution < 1.29 is 27.5 Å². The minimum atomic E-state index is -1.08. The van der Waals surface area contributed by atoms with Gasteiger partial charge < -0.3 is 15.0 Å². The van der Waals surface area contributed by atoms with E-state index in [0.717, 1.165) is 18.2 Å². The third-order valence-electron chi connectivity index (χ3n) is 8.48. The van der Waals surface area contributed by atoms with Crippen molar-refractivity contribution in [2.45, 2.75) is 71.5 Å². The van der Waals surface area contributed by atoms with Crippen LogP contribution in [0.5, 0.6) is 11.5 Å². The number of carbonyl (C=O) groups is 2. The highest BCUT2D eigenvalue weighted by Gasteiger charge is 2.61. The maximum Gasteiger partial charge on any atom is 0.307 e. The Bertz CT molecular complexity index is 1740. The molecule has 0 saturated carbocycles. The van der Waals surface area contributed by atoms with Crippen LogP contribution in [0.15, 0.2) is 35.1 Å². The molecule has 0 radical (unpaired) electrons. The monoisotopic (exact) mass is 593 g/mol. The van der Waals surface area contributed by atoms with Crippen molar-refractivity contribution in [1.82, 2.24) is 20.4 Å². The summed E-state index contributed by atoms with van der Waals surface area (Å²) in [6.45, 7) is 8.17. The maximum absolute atomic E-state index is 15.2. The van der Waals surface area contributed by atoms with Gasteiger partial charge in [0, 0.05) is 18.1 Å². The van der Waals surface area contributed by atoms with Gasteiger partial charge in [-0.2, -0.15) is 10.4 Å². The van der Waals surface area contributed by atoms with Gasteiger partial charge in [-0.15, -0.1) is 0 Å². The highest BCUT2D eigenvalue weighted by molar-refractivity contribution is 5.99. The Hall–Kier alpha value is -4.66. The number of nitrogens with one attached hydrogen (secondary N) is 2. The van der Waals surface area contributed by atoms with E-state index in [1.165, 1.54) is 19.1 Å². The number of hydrogen-bond donors (Lipinski definition) is 2. The van der Waals surface area contributed by atoms with Crippen LogP contribution in [-0.4, -0.2) is 39.0 Å². The number of hydrogen-bond acceptors (Lipinski definition) is 6. The second-order valence-corrected chi connectivity index (χ2v) is 11.8. The van der Waals surface area contributed by atoms with E-state index in [2.05, 4.69) is 21.6 Å². The molecule has 2 fully saturated rings. The summed E-state index contributed by atoms with van der Waals surface area (Å²) in [6, 6.07) is 6.45. The number of H-pyrrole nitrogens is 1. The number of carbonyl (C=O) groups excluding carboxylic acids is 2. The van der Waals surface area contributed by atoms with E-state index in [-0.39, 0.29) is 29.0 Å². The molecule has 43 heavy (non-hydrogen) atoms. The number of ether oxygens (including phenoxy) is 1. The van der Waals surface area contributed by atoms with Gasteiger partial charge in [-0.3, -0.25) is 14.4 Å². The molecule has 0 aliphatic carbocycles. The summed E-state index contributed by atoms with van der Waals surface area (Å²) in [4.78, 5) is 40.9. The number of rotatable bonds is 6. The summed E-state index contributed by atoms with van der Waals surface area (Å²) in [7, 11) is 0. The Balaban J connectivity index is 1.46. The molecule has 2 amide bonds. The van der Waals surface area contributed by atoms with Gasteiger partial charge in [-0.25, -0.2) is 18.3 Å². The summed E-state index contributed by atoms with van der Waals surface area (Å²) < 4.78 is 49.2. The topological polar surface area (TPSA) is 128 Å². The fourth-order valence-corrected chi connectivity index (χ4v) is 6.37. The number of fused-ring (bicyclic) bond motifs is 1. The van der Waals surface area contributed by atoms with Gasteiger partial charge in [-0.1, -0.05) is 0 Å². The zero-order valence-corrected chi connectivity index (χ0v) is 24.3. The number of aromatic amines is 1. The van der Waals surface area contributed by atoms with Gasteiger partial charge in [0.05, 0.1) is 28.8 Å². The molecule has 2 N–H and O–H groups in total. The highest BCUT2D eigenvalue weighted by Crippen LogP contribution is 2.54. The Morgan fingerprint density at radius 1 is 1.09 bits per heavy atom. The molecule has 2 aliphatic heterocycles. The van der Waals surface area contributed by atoms with Crippen LogP contribution in [0.1, 0.15) is 65.9 Å². The lowest BCUT2D eigenvalue weighted by Gasteiger charge is -2.40. The van der Waals surface area contributed by atoms with E-state index in [9.17, 15) is 28.4 Å². The van der Waals surface area contributed by atoms with Crippen molar-refractivity contribution in [3.8, 4) is 17.6 Å². The Labute approximate surface area is 245 Å². The quantitative estimate of drug-likeness (QED) is 0.421. The number of aromatic nitrogens is 2. The molecule has 3 atom stereocenters. The van der Waals surface area contributed by atoms with E-state index >= 15 is 4.39 Å². The first kappa shape index (κ1) is 29.8. The molecule has 12 heteroatoms. The zero-order chi connectivity index (χ0) is 31.4. The number of nitriles is 1. The van der Waals surface area contributed by atoms with Crippen LogP contribution in [0.25, 0.3) is 0 Å². The van der Waals surface area contributed by atoms with Gasteiger partial charge in [0.1, 0.15) is 6.04 Å². The first-order chi connectivity index (χ1) is 20.2. The van der Waals surface area contributed by atoms with Gasteiger partial charge in [0.2, 0.25) is 5.91 Å². The van der Waals surface area contributed by atoms with Crippen molar-refractivity contribution >= 4 is 11.8 Å². The van der Waals surface area contributed by atoms with Crippen molar-refractivity contribution in [1.29, 1.82) is 5.26 Å². The number of benzene rings is 2. The molecular weight excluding hydrogens is 563 g/mol. The smallest absolute Gasteiger partial charge is 0.307 e. The SMILES string of the molecule is Cc1cc(Oc2c(C)cc(C(=O)N[C@H]3C[C@@]4(c5cc(F)c(F)cc5C)CC[C@H](C(C)(C)C#N)N4C3=O)cc2F)c(=O)[nH]n1. The average molecular weight is 594 g/mol. The fourth-order valence-electron chi connectivity index (χ4n) is 6.37. The van der Waals surface area contributed by atoms with Crippen molar-refractivity contribution in [3.63, 3.8) is 0 Å². The molecule has 0 unspecified atom stereocenters. The molecule has 3 aromatic rings. The number of amides is 2. The highest BCUT2D eigenvalue weighted by atomic mass is 19.2. The average Bonchev–Trinajstić information content (AvgIpc) is 3.45. The van der Waals surface area contributed by atoms with Gasteiger partial charge in [0.15, 0.2) is 29.0 Å². The lowest BCUT2D eigenvalue weighted by atomic mass is 9.82. The van der Waals surface area contributed by atoms with E-state index in [0.29, 0.717) is 29.7 Å². The lowest BCUT2D eigenvalue weighted by Crippen LogP contribution is -2.50. The van der Waals surface area contributed by atoms with Crippen LogP contribution in [0.4, 0.5) is 13.2 Å². The minimum Gasteiger partial charge on any atom is -0.448 e. The van der Waals surface area contributed by atoms with Crippen molar-refractivity contribution in [2.24, 2.45) is 5.41 Å². The maximum atomic E-state index is 15.2. The molecule has 1 aromatic heterocycles. The van der Waals surface area contributed by atoms with Crippen LogP contribution in [0.2, 0.25) is 0 Å². The van der Waals surface area contributed by atoms with E-state index in [1.54, 1.807) is 32.6 Å². The molecule has 3 heterocycles. The molecule has 9 nitrogen and oxygen atoms in total. The standard InChI is InChI=1S/C31H30F3N5O4/c1-15-9-20(32)21(33)12-19(15)31-7-6-25(30(4,5)14-35)39(31)29(42)23(13-31)36-27(40)18-8-16(2)26(22(34)11-18)43-24-10-17(3)37-38-28(24)41/h8-12,23,25H,6-7,13H2,1-5H3,(H,36,40)(H,38,41)/t23-,25+,31+/m0/s1. The molecule has 2 saturated heterocycles. The minimum absolute atomic E-state index is 0.0499. The van der Waals surface area contributed by atoms with Crippen molar-refractivity contribution in [2.75, 3.05) is 0 Å². The number of halogens is 3. The van der Waals surface area contributed by atoms with Crippen LogP contribution in [-0.2, 0) is 10.3 Å². The third kappa shape index (κ3) is 5.02. The molecular formula is C31H30F3N5O4. The summed E-state index contributed by atoms with van der Waals surface area (Å²) in [6.07, 6.45) is 0.881. The molecule has 0 spiro atoms. The summed E-state index contributed by atoms with van der Waals surface area (Å²) in [5, 5.41) is 18.6. The number of aryl methyl sites for hydroxylation is 3. The van der Waals surface area contributed by atoms with Crippen LogP contribution in [0, 0.1) is 55.0 Å². The lowest BCUT2D eigenvalue weighted by molar-refractivity contribution is -0.135. The second-order valence-electron chi connectivity index (χ2n) is 11.8. The summed E-state index contributed by atoms with van der Waals surface area (Å²) in [5.41, 5.74) is -1.27. The third-order valence-corrected chi connectivity index (χ3v) is 8.48. The second kappa shape index (κ2) is 10.6. The van der Waals surface area contributed by atoms with Gasteiger partial charge >= 0.3 is 5.56 Å².